The number of ether oxygens (including phenoxy) is 2. The van der Waals surface area contributed by atoms with Crippen molar-refractivity contribution in [3.05, 3.63) is 41.7 Å². The molecule has 20 heavy (non-hydrogen) atoms. The standard InChI is InChI=1S/C15H15NO4/c1-19-8-3-4-11-10(5-8)15(18)14-12(16-11)6-9(20-2)7-13(14)17/h3-7,10-11,16-17H,1-2H3. The SMILES string of the molecule is COC1=CC2C(=O)c3c(O)cc(OC)cc3NC2C=C1. The number of aromatic hydroxyl groups is 1. The molecule has 0 amide bonds. The predicted molar refractivity (Wildman–Crippen MR) is 74.1 cm³/mol. The van der Waals surface area contributed by atoms with Crippen molar-refractivity contribution in [3.8, 4) is 11.5 Å². The van der Waals surface area contributed by atoms with Gasteiger partial charge in [-0.1, -0.05) is 6.08 Å². The first-order valence-electron chi connectivity index (χ1n) is 6.30. The molecule has 2 N–H and O–H groups in total. The first-order chi connectivity index (χ1) is 9.63. The van der Waals surface area contributed by atoms with Gasteiger partial charge in [0, 0.05) is 12.1 Å². The van der Waals surface area contributed by atoms with Crippen molar-refractivity contribution < 1.29 is 19.4 Å². The summed E-state index contributed by atoms with van der Waals surface area (Å²) in [4.78, 5) is 12.6. The summed E-state index contributed by atoms with van der Waals surface area (Å²) in [5.41, 5.74) is 0.890. The van der Waals surface area contributed by atoms with E-state index in [-0.39, 0.29) is 23.5 Å². The van der Waals surface area contributed by atoms with Crippen LogP contribution in [0.4, 0.5) is 5.69 Å². The third kappa shape index (κ3) is 1.82. The summed E-state index contributed by atoms with van der Waals surface area (Å²) in [5.74, 6) is 0.590. The van der Waals surface area contributed by atoms with Crippen LogP contribution in [0.15, 0.2) is 36.1 Å². The van der Waals surface area contributed by atoms with Gasteiger partial charge in [0.2, 0.25) is 0 Å². The van der Waals surface area contributed by atoms with Crippen molar-refractivity contribution in [3.63, 3.8) is 0 Å². The topological polar surface area (TPSA) is 67.8 Å². The van der Waals surface area contributed by atoms with Gasteiger partial charge in [-0.15, -0.1) is 0 Å². The van der Waals surface area contributed by atoms with Crippen LogP contribution in [-0.4, -0.2) is 31.2 Å². The summed E-state index contributed by atoms with van der Waals surface area (Å²) in [7, 11) is 3.08. The number of Topliss-reactive ketones (excluding diaryl/α,β-unsaturated/α-hetero) is 1. The van der Waals surface area contributed by atoms with Gasteiger partial charge in [-0.2, -0.15) is 0 Å². The van der Waals surface area contributed by atoms with Gasteiger partial charge in [-0.25, -0.2) is 0 Å². The summed E-state index contributed by atoms with van der Waals surface area (Å²) in [6.07, 6.45) is 5.49. The minimum atomic E-state index is -0.373. The van der Waals surface area contributed by atoms with Gasteiger partial charge in [-0.05, 0) is 12.2 Å². The Morgan fingerprint density at radius 1 is 1.25 bits per heavy atom. The summed E-state index contributed by atoms with van der Waals surface area (Å²) in [5, 5.41) is 13.3. The minimum Gasteiger partial charge on any atom is -0.507 e. The average Bonchev–Trinajstić information content (AvgIpc) is 2.46. The van der Waals surface area contributed by atoms with Crippen LogP contribution in [0.3, 0.4) is 0 Å². The number of hydrogen-bond donors (Lipinski definition) is 2. The predicted octanol–water partition coefficient (Wildman–Crippen LogP) is 2.09. The number of nitrogens with one attached hydrogen (secondary N) is 1. The lowest BCUT2D eigenvalue weighted by Crippen LogP contribution is -2.38. The molecule has 1 aliphatic carbocycles. The maximum atomic E-state index is 12.6. The number of anilines is 1. The van der Waals surface area contributed by atoms with Crippen LogP contribution in [0.1, 0.15) is 10.4 Å². The van der Waals surface area contributed by atoms with Gasteiger partial charge in [0.15, 0.2) is 5.78 Å². The fourth-order valence-electron chi connectivity index (χ4n) is 2.61. The normalized spacial score (nSPS) is 23.3. The number of rotatable bonds is 2. The van der Waals surface area contributed by atoms with E-state index in [9.17, 15) is 9.90 Å². The summed E-state index contributed by atoms with van der Waals surface area (Å²) in [6, 6.07) is 3.02. The van der Waals surface area contributed by atoms with Crippen molar-refractivity contribution in [2.75, 3.05) is 19.5 Å². The van der Waals surface area contributed by atoms with E-state index in [1.54, 1.807) is 19.3 Å². The smallest absolute Gasteiger partial charge is 0.178 e. The van der Waals surface area contributed by atoms with E-state index in [1.807, 2.05) is 12.2 Å². The van der Waals surface area contributed by atoms with Crippen molar-refractivity contribution in [2.24, 2.45) is 5.92 Å². The zero-order chi connectivity index (χ0) is 14.3. The van der Waals surface area contributed by atoms with Crippen LogP contribution >= 0.6 is 0 Å². The Balaban J connectivity index is 2.07. The van der Waals surface area contributed by atoms with Gasteiger partial charge < -0.3 is 19.9 Å². The molecule has 0 spiro atoms. The second-order valence-electron chi connectivity index (χ2n) is 4.76. The highest BCUT2D eigenvalue weighted by Crippen LogP contribution is 2.39. The van der Waals surface area contributed by atoms with E-state index in [0.29, 0.717) is 22.8 Å². The van der Waals surface area contributed by atoms with Crippen LogP contribution in [0.25, 0.3) is 0 Å². The molecule has 1 aromatic carbocycles. The molecule has 3 rings (SSSR count). The second kappa shape index (κ2) is 4.59. The molecular formula is C15H15NO4. The van der Waals surface area contributed by atoms with Gasteiger partial charge in [0.25, 0.3) is 0 Å². The molecule has 0 aromatic heterocycles. The molecule has 2 atom stereocenters. The third-order valence-electron chi connectivity index (χ3n) is 3.63. The molecule has 1 aromatic rings. The second-order valence-corrected chi connectivity index (χ2v) is 4.76. The van der Waals surface area contributed by atoms with Crippen molar-refractivity contribution in [1.82, 2.24) is 0 Å². The number of benzene rings is 1. The van der Waals surface area contributed by atoms with Gasteiger partial charge in [-0.3, -0.25) is 4.79 Å². The Kier molecular flexibility index (Phi) is 2.89. The lowest BCUT2D eigenvalue weighted by Gasteiger charge is -2.32. The van der Waals surface area contributed by atoms with Gasteiger partial charge in [0.1, 0.15) is 17.3 Å². The van der Waals surface area contributed by atoms with E-state index < -0.39 is 0 Å². The molecule has 5 heteroatoms. The number of carbonyl (C=O) groups is 1. The molecule has 2 unspecified atom stereocenters. The maximum absolute atomic E-state index is 12.6. The zero-order valence-electron chi connectivity index (χ0n) is 11.2. The average molecular weight is 273 g/mol. The largest absolute Gasteiger partial charge is 0.507 e. The van der Waals surface area contributed by atoms with E-state index >= 15 is 0 Å². The van der Waals surface area contributed by atoms with Crippen LogP contribution in [0, 0.1) is 5.92 Å². The van der Waals surface area contributed by atoms with E-state index in [4.69, 9.17) is 9.47 Å². The van der Waals surface area contributed by atoms with Crippen LogP contribution in [0.2, 0.25) is 0 Å². The number of allylic oxidation sites excluding steroid dienone is 1. The monoisotopic (exact) mass is 273 g/mol. The molecule has 0 radical (unpaired) electrons. The highest BCUT2D eigenvalue weighted by Gasteiger charge is 2.36. The van der Waals surface area contributed by atoms with Gasteiger partial charge in [0.05, 0.1) is 37.4 Å². The molecule has 2 aliphatic rings. The van der Waals surface area contributed by atoms with Crippen LogP contribution in [0.5, 0.6) is 11.5 Å². The summed E-state index contributed by atoms with van der Waals surface area (Å²) in [6.45, 7) is 0. The number of methoxy groups -OCH3 is 2. The Morgan fingerprint density at radius 3 is 2.75 bits per heavy atom. The first kappa shape index (κ1) is 12.6. The van der Waals surface area contributed by atoms with Crippen molar-refractivity contribution in [2.45, 2.75) is 6.04 Å². The minimum absolute atomic E-state index is 0.0720. The lowest BCUT2D eigenvalue weighted by molar-refractivity contribution is 0.0929. The number of phenols is 1. The molecule has 5 nitrogen and oxygen atoms in total. The summed E-state index contributed by atoms with van der Waals surface area (Å²) >= 11 is 0. The number of fused-ring (bicyclic) bond motifs is 2. The Hall–Kier alpha value is -2.43. The number of ketones is 1. The zero-order valence-corrected chi connectivity index (χ0v) is 11.2. The number of carbonyl (C=O) groups excluding carboxylic acids is 1. The van der Waals surface area contributed by atoms with E-state index in [1.165, 1.54) is 13.2 Å². The van der Waals surface area contributed by atoms with E-state index in [0.717, 1.165) is 0 Å². The highest BCUT2D eigenvalue weighted by molar-refractivity contribution is 6.09. The van der Waals surface area contributed by atoms with Crippen LogP contribution < -0.4 is 10.1 Å². The molecule has 104 valence electrons. The first-order valence-corrected chi connectivity index (χ1v) is 6.30. The maximum Gasteiger partial charge on any atom is 0.178 e. The lowest BCUT2D eigenvalue weighted by atomic mass is 9.82. The van der Waals surface area contributed by atoms with Crippen molar-refractivity contribution in [1.29, 1.82) is 0 Å². The molecule has 0 fully saturated rings. The summed E-state index contributed by atoms with van der Waals surface area (Å²) < 4.78 is 10.3. The Morgan fingerprint density at radius 2 is 2.05 bits per heavy atom. The van der Waals surface area contributed by atoms with Gasteiger partial charge >= 0.3 is 0 Å². The van der Waals surface area contributed by atoms with Crippen LogP contribution in [-0.2, 0) is 4.74 Å². The highest BCUT2D eigenvalue weighted by atomic mass is 16.5. The molecule has 1 heterocycles. The quantitative estimate of drug-likeness (QED) is 0.863. The number of hydrogen-bond acceptors (Lipinski definition) is 5. The fraction of sp³-hybridized carbons (Fsp3) is 0.267. The Labute approximate surface area is 116 Å². The third-order valence-corrected chi connectivity index (χ3v) is 3.63. The molecule has 0 saturated carbocycles. The molecular weight excluding hydrogens is 258 g/mol. The number of phenolic OH excluding ortho intramolecular Hbond substituents is 1. The molecule has 1 aliphatic heterocycles. The molecule has 0 saturated heterocycles. The van der Waals surface area contributed by atoms with Crippen molar-refractivity contribution >= 4 is 11.5 Å². The fourth-order valence-corrected chi connectivity index (χ4v) is 2.61. The Bertz CT molecular complexity index is 633. The molecule has 0 bridgehead atoms. The van der Waals surface area contributed by atoms with E-state index in [2.05, 4.69) is 5.32 Å².